The molecule has 14 heteroatoms. The van der Waals surface area contributed by atoms with Crippen molar-refractivity contribution in [3.05, 3.63) is 58.6 Å². The Morgan fingerprint density at radius 3 is 2.76 bits per heavy atom. The van der Waals surface area contributed by atoms with E-state index >= 15 is 0 Å². The third-order valence-corrected chi connectivity index (χ3v) is 5.87. The van der Waals surface area contributed by atoms with Crippen LogP contribution in [0.4, 0.5) is 14.6 Å². The van der Waals surface area contributed by atoms with Crippen LogP contribution in [0.1, 0.15) is 18.7 Å². The number of aliphatic hydroxyl groups excluding tert-OH is 1. The van der Waals surface area contributed by atoms with Crippen LogP contribution in [0.2, 0.25) is 0 Å². The Morgan fingerprint density at radius 1 is 1.39 bits per heavy atom. The largest absolute Gasteiger partial charge is 0.460 e. The lowest BCUT2D eigenvalue weighted by molar-refractivity contribution is -0.146. The fraction of sp³-hybridized carbons (Fsp3) is 0.421. The number of hydrogen-bond donors (Lipinski definition) is 3. The maximum absolute atomic E-state index is 14.5. The zero-order valence-electron chi connectivity index (χ0n) is 17.4. The molecule has 1 saturated heterocycles. The molecule has 3 rings (SSSR count). The maximum Gasteiger partial charge on any atom is 0.351 e. The molecule has 0 aliphatic carbocycles. The zero-order valence-corrected chi connectivity index (χ0v) is 18.4. The van der Waals surface area contributed by atoms with Crippen molar-refractivity contribution in [3.8, 4) is 0 Å². The second-order valence-corrected chi connectivity index (χ2v) is 8.40. The predicted octanol–water partition coefficient (Wildman–Crippen LogP) is 0.847. The molecule has 4 N–H and O–H groups in total. The van der Waals surface area contributed by atoms with Gasteiger partial charge < -0.3 is 24.8 Å². The first kappa shape index (κ1) is 24.9. The number of anilines is 1. The number of carbonyl (C=O) groups excluding carboxylic acids is 1. The minimum absolute atomic E-state index is 0.0193. The van der Waals surface area contributed by atoms with Gasteiger partial charge in [0.2, 0.25) is 6.23 Å². The summed E-state index contributed by atoms with van der Waals surface area (Å²) in [5, 5.41) is 12.3. The maximum atomic E-state index is 14.5. The summed E-state index contributed by atoms with van der Waals surface area (Å²) in [6, 6.07) is 9.02. The molecule has 1 aromatic carbocycles. The molecule has 1 unspecified atom stereocenters. The minimum Gasteiger partial charge on any atom is -0.460 e. The number of esters is 1. The lowest BCUT2D eigenvalue weighted by Crippen LogP contribution is -2.42. The van der Waals surface area contributed by atoms with Gasteiger partial charge in [-0.15, -0.1) is 0 Å². The smallest absolute Gasteiger partial charge is 0.351 e. The Morgan fingerprint density at radius 2 is 2.09 bits per heavy atom. The Balaban J connectivity index is 1.52. The topological polar surface area (TPSA) is 155 Å². The molecule has 0 saturated carbocycles. The van der Waals surface area contributed by atoms with E-state index in [9.17, 15) is 28.0 Å². The van der Waals surface area contributed by atoms with Crippen LogP contribution in [0.25, 0.3) is 0 Å². The van der Waals surface area contributed by atoms with Crippen LogP contribution < -0.4 is 16.5 Å². The van der Waals surface area contributed by atoms with E-state index in [0.717, 1.165) is 17.8 Å². The number of nitrogens with two attached hydrogens (primary N) is 1. The Kier molecular flexibility index (Phi) is 7.92. The van der Waals surface area contributed by atoms with Crippen LogP contribution in [-0.2, 0) is 30.0 Å². The fourth-order valence-corrected chi connectivity index (χ4v) is 3.87. The number of halogens is 2. The summed E-state index contributed by atoms with van der Waals surface area (Å²) >= 11 is 0. The molecule has 33 heavy (non-hydrogen) atoms. The summed E-state index contributed by atoms with van der Waals surface area (Å²) in [5.74, 6) is -4.73. The van der Waals surface area contributed by atoms with Crippen LogP contribution in [0.15, 0.2) is 47.4 Å². The van der Waals surface area contributed by atoms with Crippen molar-refractivity contribution in [2.75, 3.05) is 12.3 Å². The first-order valence-electron chi connectivity index (χ1n) is 9.79. The van der Waals surface area contributed by atoms with Crippen LogP contribution >= 0.6 is 8.18 Å². The van der Waals surface area contributed by atoms with Gasteiger partial charge in [0, 0.05) is 6.20 Å². The van der Waals surface area contributed by atoms with Gasteiger partial charge in [0.05, 0.1) is 6.61 Å². The van der Waals surface area contributed by atoms with Crippen molar-refractivity contribution in [2.24, 2.45) is 0 Å². The number of ether oxygens (including phenoxy) is 2. The van der Waals surface area contributed by atoms with E-state index in [1.165, 1.54) is 6.92 Å². The van der Waals surface area contributed by atoms with E-state index < -0.39 is 56.8 Å². The number of hydrogen-bond acceptors (Lipinski definition) is 9. The number of nitrogens with zero attached hydrogens (tertiary/aromatic N) is 2. The quantitative estimate of drug-likeness (QED) is 0.342. The summed E-state index contributed by atoms with van der Waals surface area (Å²) in [6.07, 6.45) is -5.16. The van der Waals surface area contributed by atoms with Crippen LogP contribution in [0.5, 0.6) is 0 Å². The molecule has 1 aromatic heterocycles. The number of aliphatic hydroxyl groups is 1. The fourth-order valence-electron chi connectivity index (χ4n) is 3.00. The molecule has 0 amide bonds. The third-order valence-electron chi connectivity index (χ3n) is 4.77. The molecule has 5 atom stereocenters. The number of carbonyl (C=O) groups is 1. The predicted molar refractivity (Wildman–Crippen MR) is 112 cm³/mol. The summed E-state index contributed by atoms with van der Waals surface area (Å²) in [6.45, 7) is 0.720. The standard InChI is InChI=1S/C19H23F2N4O7P/c1-11(16(27)30-9-12-5-3-2-4-6-12)24-33(29)31-10-13-15(26)19(20,21)17(32-13)25-8-7-14(22)23-18(25)28/h2-8,11,13,15,17,26,33H,9-10H2,1H3,(H,24,29)(H2,22,23,28)/t11-,13+,15+,17+/m0/s1. The van der Waals surface area contributed by atoms with Gasteiger partial charge in [0.1, 0.15) is 24.6 Å². The van der Waals surface area contributed by atoms with Crippen molar-refractivity contribution in [1.29, 1.82) is 0 Å². The van der Waals surface area contributed by atoms with Crippen LogP contribution in [0, 0.1) is 0 Å². The summed E-state index contributed by atoms with van der Waals surface area (Å²) in [5.41, 5.74) is 5.02. The van der Waals surface area contributed by atoms with Crippen molar-refractivity contribution in [1.82, 2.24) is 14.6 Å². The summed E-state index contributed by atoms with van der Waals surface area (Å²) in [7, 11) is -3.09. The highest BCUT2D eigenvalue weighted by molar-refractivity contribution is 7.36. The Hall–Kier alpha value is -2.70. The molecule has 0 radical (unpaired) electrons. The summed E-state index contributed by atoms with van der Waals surface area (Å²) < 4.78 is 56.8. The average Bonchev–Trinajstić information content (AvgIpc) is 3.00. The second kappa shape index (κ2) is 10.5. The number of alkyl halides is 2. The number of nitrogen functional groups attached to an aromatic ring is 1. The van der Waals surface area contributed by atoms with Gasteiger partial charge in [0.15, 0.2) is 6.10 Å². The minimum atomic E-state index is -3.87. The van der Waals surface area contributed by atoms with Gasteiger partial charge in [-0.1, -0.05) is 30.3 Å². The van der Waals surface area contributed by atoms with E-state index in [1.807, 2.05) is 6.07 Å². The monoisotopic (exact) mass is 488 g/mol. The first-order chi connectivity index (χ1) is 15.6. The molecule has 1 aliphatic heterocycles. The lowest BCUT2D eigenvalue weighted by Gasteiger charge is -2.20. The number of nitrogens with one attached hydrogen (secondary N) is 1. The second-order valence-electron chi connectivity index (χ2n) is 7.25. The molecular weight excluding hydrogens is 465 g/mol. The van der Waals surface area contributed by atoms with Gasteiger partial charge in [-0.05, 0) is 18.6 Å². The van der Waals surface area contributed by atoms with Gasteiger partial charge >= 0.3 is 17.6 Å². The third kappa shape index (κ3) is 6.01. The van der Waals surface area contributed by atoms with Crippen LogP contribution in [-0.4, -0.2) is 51.4 Å². The van der Waals surface area contributed by atoms with Crippen molar-refractivity contribution in [3.63, 3.8) is 0 Å². The Bertz CT molecular complexity index is 1060. The molecule has 1 aliphatic rings. The van der Waals surface area contributed by atoms with Crippen molar-refractivity contribution < 1.29 is 37.2 Å². The zero-order chi connectivity index (χ0) is 24.2. The molecule has 1 fully saturated rings. The molecule has 2 aromatic rings. The molecule has 2 heterocycles. The van der Waals surface area contributed by atoms with Crippen molar-refractivity contribution >= 4 is 20.0 Å². The van der Waals surface area contributed by atoms with Gasteiger partial charge in [-0.25, -0.2) is 9.88 Å². The van der Waals surface area contributed by atoms with E-state index in [4.69, 9.17) is 19.7 Å². The van der Waals surface area contributed by atoms with Gasteiger partial charge in [0.25, 0.3) is 8.18 Å². The van der Waals surface area contributed by atoms with E-state index in [2.05, 4.69) is 10.1 Å². The molecule has 0 bridgehead atoms. The lowest BCUT2D eigenvalue weighted by atomic mass is 10.1. The average molecular weight is 488 g/mol. The number of aromatic nitrogens is 2. The van der Waals surface area contributed by atoms with E-state index in [1.54, 1.807) is 24.3 Å². The molecule has 180 valence electrons. The highest BCUT2D eigenvalue weighted by atomic mass is 31.1. The Labute approximate surface area is 187 Å². The number of benzene rings is 1. The van der Waals surface area contributed by atoms with Gasteiger partial charge in [-0.3, -0.25) is 13.9 Å². The van der Waals surface area contributed by atoms with E-state index in [0.29, 0.717) is 4.57 Å². The molecule has 0 spiro atoms. The number of rotatable bonds is 9. The highest BCUT2D eigenvalue weighted by Gasteiger charge is 2.59. The normalized spacial score (nSPS) is 23.7. The SMILES string of the molecule is C[C@H](N[PH](=O)OC[C@H]1O[C@@H](n2ccc(N)nc2=O)C(F)(F)[C@@H]1O)C(=O)OCc1ccccc1. The summed E-state index contributed by atoms with van der Waals surface area (Å²) in [4.78, 5) is 27.3. The molecule has 11 nitrogen and oxygen atoms in total. The molecular formula is C19H23F2N4O7P. The van der Waals surface area contributed by atoms with Crippen molar-refractivity contribution in [2.45, 2.75) is 43.9 Å². The first-order valence-corrected chi connectivity index (χ1v) is 11.1. The van der Waals surface area contributed by atoms with E-state index in [-0.39, 0.29) is 12.4 Å². The highest BCUT2D eigenvalue weighted by Crippen LogP contribution is 2.42. The van der Waals surface area contributed by atoms with Gasteiger partial charge in [-0.2, -0.15) is 13.8 Å². The van der Waals surface area contributed by atoms with Crippen LogP contribution in [0.3, 0.4) is 0 Å².